The molecule has 39 heavy (non-hydrogen) atoms. The molecule has 10 heteroatoms. The van der Waals surface area contributed by atoms with E-state index in [1.165, 1.54) is 6.07 Å². The molecule has 0 atom stereocenters. The van der Waals surface area contributed by atoms with Crippen LogP contribution in [0, 0.1) is 5.92 Å². The highest BCUT2D eigenvalue weighted by atomic mass is 32.2. The van der Waals surface area contributed by atoms with E-state index in [9.17, 15) is 13.2 Å². The van der Waals surface area contributed by atoms with Gasteiger partial charge in [0.15, 0.2) is 0 Å². The van der Waals surface area contributed by atoms with Crippen LogP contribution in [0.4, 0.5) is 17.1 Å². The minimum absolute atomic E-state index is 0.137. The summed E-state index contributed by atoms with van der Waals surface area (Å²) in [7, 11) is -1.56. The van der Waals surface area contributed by atoms with Gasteiger partial charge in [-0.2, -0.15) is 0 Å². The van der Waals surface area contributed by atoms with Gasteiger partial charge < -0.3 is 20.4 Å². The van der Waals surface area contributed by atoms with Gasteiger partial charge in [-0.15, -0.1) is 0 Å². The predicted molar refractivity (Wildman–Crippen MR) is 154 cm³/mol. The van der Waals surface area contributed by atoms with E-state index >= 15 is 0 Å². The maximum atomic E-state index is 13.3. The zero-order valence-corrected chi connectivity index (χ0v) is 22.7. The molecule has 0 spiro atoms. The fraction of sp³-hybridized carbons (Fsp3) is 0.310. The molecule has 1 amide bonds. The standard InChI is InChI=1S/C29H32N6O3S/c1-34-13-15-35(16-14-34)23-8-6-22(7-9-23)32-28(21-3-2-12-30-19-21)27-25-17-24(10-11-26(25)33-29(27)36)39(37,38)31-18-20-4-5-20/h2-3,6-12,17,19-20,31-32H,4-5,13-16,18H2,1H3,(H,33,36)/b28-27-. The van der Waals surface area contributed by atoms with Gasteiger partial charge in [0.1, 0.15) is 0 Å². The van der Waals surface area contributed by atoms with Crippen molar-refractivity contribution >= 4 is 44.3 Å². The van der Waals surface area contributed by atoms with Crippen LogP contribution in [0.15, 0.2) is 71.9 Å². The van der Waals surface area contributed by atoms with Crippen molar-refractivity contribution in [2.75, 3.05) is 55.3 Å². The van der Waals surface area contributed by atoms with Crippen molar-refractivity contribution in [3.05, 3.63) is 78.1 Å². The van der Waals surface area contributed by atoms with Crippen molar-refractivity contribution in [1.29, 1.82) is 0 Å². The second-order valence-corrected chi connectivity index (χ2v) is 12.2. The summed E-state index contributed by atoms with van der Waals surface area (Å²) >= 11 is 0. The minimum Gasteiger partial charge on any atom is -0.369 e. The Hall–Kier alpha value is -3.73. The Kier molecular flexibility index (Phi) is 6.84. The molecule has 0 unspecified atom stereocenters. The van der Waals surface area contributed by atoms with Crippen LogP contribution in [0.25, 0.3) is 11.3 Å². The summed E-state index contributed by atoms with van der Waals surface area (Å²) in [5, 5.41) is 6.33. The number of aromatic nitrogens is 1. The molecule has 1 aliphatic carbocycles. The summed E-state index contributed by atoms with van der Waals surface area (Å²) in [6.07, 6.45) is 5.47. The molecule has 3 N–H and O–H groups in total. The number of anilines is 3. The number of nitrogens with one attached hydrogen (secondary N) is 3. The average Bonchev–Trinajstić information content (AvgIpc) is 3.73. The van der Waals surface area contributed by atoms with E-state index in [0.717, 1.165) is 56.0 Å². The van der Waals surface area contributed by atoms with Gasteiger partial charge in [0.05, 0.1) is 16.2 Å². The smallest absolute Gasteiger partial charge is 0.258 e. The van der Waals surface area contributed by atoms with E-state index in [1.54, 1.807) is 24.5 Å². The monoisotopic (exact) mass is 544 g/mol. The lowest BCUT2D eigenvalue weighted by atomic mass is 10.0. The first-order valence-electron chi connectivity index (χ1n) is 13.3. The molecule has 0 radical (unpaired) electrons. The van der Waals surface area contributed by atoms with Crippen molar-refractivity contribution in [2.45, 2.75) is 17.7 Å². The summed E-state index contributed by atoms with van der Waals surface area (Å²) < 4.78 is 28.7. The Labute approximate surface area is 229 Å². The number of amides is 1. The van der Waals surface area contributed by atoms with Crippen LogP contribution < -0.4 is 20.3 Å². The average molecular weight is 545 g/mol. The number of nitrogens with zero attached hydrogens (tertiary/aromatic N) is 3. The van der Waals surface area contributed by atoms with Crippen molar-refractivity contribution in [3.8, 4) is 0 Å². The quantitative estimate of drug-likeness (QED) is 0.373. The van der Waals surface area contributed by atoms with E-state index in [-0.39, 0.29) is 10.8 Å². The van der Waals surface area contributed by atoms with Gasteiger partial charge in [-0.3, -0.25) is 9.78 Å². The van der Waals surface area contributed by atoms with E-state index in [4.69, 9.17) is 0 Å². The van der Waals surface area contributed by atoms with E-state index in [2.05, 4.69) is 49.3 Å². The molecular weight excluding hydrogens is 512 g/mol. The Morgan fingerprint density at radius 3 is 2.51 bits per heavy atom. The molecule has 3 aromatic rings. The molecule has 3 heterocycles. The third kappa shape index (κ3) is 5.54. The number of hydrogen-bond donors (Lipinski definition) is 3. The maximum Gasteiger partial charge on any atom is 0.258 e. The van der Waals surface area contributed by atoms with Crippen molar-refractivity contribution < 1.29 is 13.2 Å². The maximum absolute atomic E-state index is 13.3. The van der Waals surface area contributed by atoms with Gasteiger partial charge in [0.2, 0.25) is 10.0 Å². The molecule has 6 rings (SSSR count). The lowest BCUT2D eigenvalue weighted by Gasteiger charge is -2.34. The van der Waals surface area contributed by atoms with Gasteiger partial charge in [0, 0.05) is 73.3 Å². The van der Waals surface area contributed by atoms with Crippen LogP contribution in [-0.2, 0) is 14.8 Å². The minimum atomic E-state index is -3.70. The van der Waals surface area contributed by atoms with Gasteiger partial charge in [-0.05, 0) is 80.4 Å². The lowest BCUT2D eigenvalue weighted by Crippen LogP contribution is -2.44. The number of fused-ring (bicyclic) bond motifs is 1. The first-order valence-corrected chi connectivity index (χ1v) is 14.8. The summed E-state index contributed by atoms with van der Waals surface area (Å²) in [5.41, 5.74) is 4.74. The zero-order valence-electron chi connectivity index (χ0n) is 21.9. The number of sulfonamides is 1. The largest absolute Gasteiger partial charge is 0.369 e. The van der Waals surface area contributed by atoms with Crippen LogP contribution in [0.3, 0.4) is 0 Å². The number of likely N-dealkylation sites (N-methyl/N-ethyl adjacent to an activating group) is 1. The molecule has 1 aromatic heterocycles. The van der Waals surface area contributed by atoms with Crippen LogP contribution >= 0.6 is 0 Å². The highest BCUT2D eigenvalue weighted by Crippen LogP contribution is 2.39. The number of carbonyl (C=O) groups is 1. The number of pyridine rings is 1. The first-order chi connectivity index (χ1) is 18.9. The van der Waals surface area contributed by atoms with Crippen LogP contribution in [0.2, 0.25) is 0 Å². The van der Waals surface area contributed by atoms with Gasteiger partial charge in [0.25, 0.3) is 5.91 Å². The third-order valence-electron chi connectivity index (χ3n) is 7.51. The second-order valence-electron chi connectivity index (χ2n) is 10.4. The predicted octanol–water partition coefficient (Wildman–Crippen LogP) is 3.45. The Bertz CT molecular complexity index is 1510. The second kappa shape index (κ2) is 10.4. The van der Waals surface area contributed by atoms with Crippen molar-refractivity contribution in [1.82, 2.24) is 14.6 Å². The normalized spacial score (nSPS) is 19.0. The zero-order chi connectivity index (χ0) is 27.0. The lowest BCUT2D eigenvalue weighted by molar-refractivity contribution is -0.110. The van der Waals surface area contributed by atoms with E-state index in [0.29, 0.717) is 35.0 Å². The fourth-order valence-corrected chi connectivity index (χ4v) is 6.09. The van der Waals surface area contributed by atoms with Crippen LogP contribution in [0.5, 0.6) is 0 Å². The van der Waals surface area contributed by atoms with E-state index < -0.39 is 10.0 Å². The Morgan fingerprint density at radius 2 is 1.82 bits per heavy atom. The fourth-order valence-electron chi connectivity index (χ4n) is 4.95. The first kappa shape index (κ1) is 25.5. The highest BCUT2D eigenvalue weighted by Gasteiger charge is 2.31. The van der Waals surface area contributed by atoms with Crippen molar-refractivity contribution in [2.24, 2.45) is 5.92 Å². The molecule has 1 saturated heterocycles. The topological polar surface area (TPSA) is 107 Å². The molecule has 3 aliphatic rings. The molecule has 2 aliphatic heterocycles. The Morgan fingerprint density at radius 1 is 1.05 bits per heavy atom. The van der Waals surface area contributed by atoms with Gasteiger partial charge >= 0.3 is 0 Å². The van der Waals surface area contributed by atoms with Crippen LogP contribution in [0.1, 0.15) is 24.0 Å². The molecule has 2 aromatic carbocycles. The molecule has 2 fully saturated rings. The summed E-state index contributed by atoms with van der Waals surface area (Å²) in [4.78, 5) is 22.4. The van der Waals surface area contributed by atoms with Crippen molar-refractivity contribution in [3.63, 3.8) is 0 Å². The highest BCUT2D eigenvalue weighted by molar-refractivity contribution is 7.89. The molecule has 0 bridgehead atoms. The summed E-state index contributed by atoms with van der Waals surface area (Å²) in [6.45, 7) is 4.45. The molecule has 9 nitrogen and oxygen atoms in total. The number of piperazine rings is 1. The summed E-state index contributed by atoms with van der Waals surface area (Å²) in [6, 6.07) is 16.6. The number of hydrogen-bond acceptors (Lipinski definition) is 7. The molecule has 1 saturated carbocycles. The van der Waals surface area contributed by atoms with Gasteiger partial charge in [-0.25, -0.2) is 13.1 Å². The number of rotatable bonds is 8. The SMILES string of the molecule is CN1CCN(c2ccc(N/C(=C3\C(=O)Nc4ccc(S(=O)(=O)NCC5CC5)cc43)c3cccnc3)cc2)CC1. The molecular formula is C29H32N6O3S. The van der Waals surface area contributed by atoms with E-state index in [1.807, 2.05) is 24.3 Å². The van der Waals surface area contributed by atoms with Gasteiger partial charge in [-0.1, -0.05) is 0 Å². The van der Waals surface area contributed by atoms with Crippen LogP contribution in [-0.4, -0.2) is 64.0 Å². The summed E-state index contributed by atoms with van der Waals surface area (Å²) in [5.74, 6) is 0.114. The Balaban J connectivity index is 1.35. The number of carbonyl (C=O) groups excluding carboxylic acids is 1. The third-order valence-corrected chi connectivity index (χ3v) is 8.93. The molecule has 202 valence electrons. The number of benzene rings is 2.